The molecule has 0 aliphatic heterocycles. The highest BCUT2D eigenvalue weighted by Crippen LogP contribution is 2.19. The largest absolute Gasteiger partial charge is 0.398 e. The molecular weight excluding hydrogens is 172 g/mol. The van der Waals surface area contributed by atoms with Gasteiger partial charge in [0.05, 0.1) is 0 Å². The maximum Gasteiger partial charge on any atom is 0.0362 e. The van der Waals surface area contributed by atoms with Gasteiger partial charge in [0.15, 0.2) is 0 Å². The summed E-state index contributed by atoms with van der Waals surface area (Å²) < 4.78 is 0. The summed E-state index contributed by atoms with van der Waals surface area (Å²) in [7, 11) is 0. The Kier molecular flexibility index (Phi) is 3.96. The minimum absolute atomic E-state index is 0.332. The molecule has 14 heavy (non-hydrogen) atoms. The van der Waals surface area contributed by atoms with Crippen LogP contribution in [-0.2, 0) is 0 Å². The summed E-state index contributed by atoms with van der Waals surface area (Å²) in [4.78, 5) is 0. The third-order valence-electron chi connectivity index (χ3n) is 2.29. The van der Waals surface area contributed by atoms with Crippen LogP contribution in [0.4, 0.5) is 5.69 Å². The van der Waals surface area contributed by atoms with Crippen molar-refractivity contribution in [3.63, 3.8) is 0 Å². The summed E-state index contributed by atoms with van der Waals surface area (Å²) >= 11 is 0. The Morgan fingerprint density at radius 2 is 1.86 bits per heavy atom. The predicted octanol–water partition coefficient (Wildman–Crippen LogP) is 2.58. The molecular formula is C12H20N2. The zero-order valence-corrected chi connectivity index (χ0v) is 9.25. The van der Waals surface area contributed by atoms with E-state index >= 15 is 0 Å². The van der Waals surface area contributed by atoms with Crippen LogP contribution in [0.2, 0.25) is 0 Å². The second-order valence-electron chi connectivity index (χ2n) is 4.15. The molecule has 0 fully saturated rings. The summed E-state index contributed by atoms with van der Waals surface area (Å²) in [5.41, 5.74) is 7.95. The SMILES string of the molecule is CC(C)CN[C@@H](C)c1ccccc1N. The van der Waals surface area contributed by atoms with Gasteiger partial charge in [-0.25, -0.2) is 0 Å². The Hall–Kier alpha value is -1.02. The molecule has 1 atom stereocenters. The molecule has 1 rings (SSSR count). The Labute approximate surface area is 86.5 Å². The van der Waals surface area contributed by atoms with Crippen molar-refractivity contribution in [2.45, 2.75) is 26.8 Å². The maximum absolute atomic E-state index is 5.89. The van der Waals surface area contributed by atoms with Crippen LogP contribution in [0.1, 0.15) is 32.4 Å². The maximum atomic E-state index is 5.89. The van der Waals surface area contributed by atoms with Crippen molar-refractivity contribution in [3.8, 4) is 0 Å². The number of nitrogens with two attached hydrogens (primary N) is 1. The van der Waals surface area contributed by atoms with Gasteiger partial charge >= 0.3 is 0 Å². The van der Waals surface area contributed by atoms with Gasteiger partial charge in [-0.05, 0) is 31.0 Å². The summed E-state index contributed by atoms with van der Waals surface area (Å²) in [5.74, 6) is 0.669. The van der Waals surface area contributed by atoms with E-state index in [9.17, 15) is 0 Å². The van der Waals surface area contributed by atoms with Gasteiger partial charge in [0.2, 0.25) is 0 Å². The summed E-state index contributed by atoms with van der Waals surface area (Å²) in [6, 6.07) is 8.35. The Balaban J connectivity index is 2.60. The first-order chi connectivity index (χ1) is 6.61. The van der Waals surface area contributed by atoms with Crippen LogP contribution in [0.25, 0.3) is 0 Å². The van der Waals surface area contributed by atoms with E-state index in [1.165, 1.54) is 5.56 Å². The van der Waals surface area contributed by atoms with Crippen LogP contribution in [0, 0.1) is 5.92 Å². The lowest BCUT2D eigenvalue weighted by atomic mass is 10.1. The van der Waals surface area contributed by atoms with Crippen molar-refractivity contribution in [2.75, 3.05) is 12.3 Å². The molecule has 0 bridgehead atoms. The smallest absolute Gasteiger partial charge is 0.0362 e. The Morgan fingerprint density at radius 3 is 2.43 bits per heavy atom. The molecule has 0 saturated carbocycles. The van der Waals surface area contributed by atoms with Crippen molar-refractivity contribution in [1.82, 2.24) is 5.32 Å². The summed E-state index contributed by atoms with van der Waals surface area (Å²) in [6.45, 7) is 7.58. The first-order valence-corrected chi connectivity index (χ1v) is 5.19. The number of nitrogen functional groups attached to an aromatic ring is 1. The Bertz CT molecular complexity index is 281. The number of para-hydroxylation sites is 1. The highest BCUT2D eigenvalue weighted by Gasteiger charge is 2.07. The fourth-order valence-corrected chi connectivity index (χ4v) is 1.43. The number of rotatable bonds is 4. The first kappa shape index (κ1) is 11.1. The minimum atomic E-state index is 0.332. The lowest BCUT2D eigenvalue weighted by molar-refractivity contribution is 0.497. The molecule has 0 heterocycles. The molecule has 2 heteroatoms. The minimum Gasteiger partial charge on any atom is -0.398 e. The van der Waals surface area contributed by atoms with Crippen LogP contribution >= 0.6 is 0 Å². The molecule has 1 aromatic carbocycles. The highest BCUT2D eigenvalue weighted by atomic mass is 14.9. The zero-order valence-electron chi connectivity index (χ0n) is 9.25. The van der Waals surface area contributed by atoms with Crippen LogP contribution in [0.3, 0.4) is 0 Å². The first-order valence-electron chi connectivity index (χ1n) is 5.19. The monoisotopic (exact) mass is 192 g/mol. The van der Waals surface area contributed by atoms with Crippen LogP contribution in [0.5, 0.6) is 0 Å². The molecule has 3 N–H and O–H groups in total. The third kappa shape index (κ3) is 3.04. The normalized spacial score (nSPS) is 13.1. The van der Waals surface area contributed by atoms with E-state index in [1.807, 2.05) is 18.2 Å². The number of hydrogen-bond donors (Lipinski definition) is 2. The van der Waals surface area contributed by atoms with Crippen molar-refractivity contribution in [3.05, 3.63) is 29.8 Å². The van der Waals surface area contributed by atoms with Crippen LogP contribution in [-0.4, -0.2) is 6.54 Å². The van der Waals surface area contributed by atoms with E-state index in [4.69, 9.17) is 5.73 Å². The second kappa shape index (κ2) is 5.01. The molecule has 0 aliphatic rings. The van der Waals surface area contributed by atoms with E-state index in [-0.39, 0.29) is 0 Å². The molecule has 0 unspecified atom stereocenters. The third-order valence-corrected chi connectivity index (χ3v) is 2.29. The molecule has 2 nitrogen and oxygen atoms in total. The summed E-state index contributed by atoms with van der Waals surface area (Å²) in [6.07, 6.45) is 0. The number of anilines is 1. The second-order valence-corrected chi connectivity index (χ2v) is 4.15. The van der Waals surface area contributed by atoms with Gasteiger partial charge in [0.25, 0.3) is 0 Å². The van der Waals surface area contributed by atoms with Crippen molar-refractivity contribution >= 4 is 5.69 Å². The predicted molar refractivity (Wildman–Crippen MR) is 62.1 cm³/mol. The number of hydrogen-bond acceptors (Lipinski definition) is 2. The molecule has 1 aromatic rings. The highest BCUT2D eigenvalue weighted by molar-refractivity contribution is 5.47. The molecule has 0 radical (unpaired) electrons. The summed E-state index contributed by atoms with van der Waals surface area (Å²) in [5, 5.41) is 3.46. The fourth-order valence-electron chi connectivity index (χ4n) is 1.43. The Morgan fingerprint density at radius 1 is 1.21 bits per heavy atom. The molecule has 0 saturated heterocycles. The van der Waals surface area contributed by atoms with E-state index in [0.717, 1.165) is 12.2 Å². The van der Waals surface area contributed by atoms with Gasteiger partial charge in [-0.1, -0.05) is 32.0 Å². The average Bonchev–Trinajstić information content (AvgIpc) is 2.15. The van der Waals surface area contributed by atoms with Crippen LogP contribution in [0.15, 0.2) is 24.3 Å². The van der Waals surface area contributed by atoms with E-state index in [1.54, 1.807) is 0 Å². The van der Waals surface area contributed by atoms with Gasteiger partial charge in [-0.15, -0.1) is 0 Å². The lowest BCUT2D eigenvalue weighted by Crippen LogP contribution is -2.23. The van der Waals surface area contributed by atoms with Crippen molar-refractivity contribution < 1.29 is 0 Å². The van der Waals surface area contributed by atoms with Gasteiger partial charge in [0.1, 0.15) is 0 Å². The van der Waals surface area contributed by atoms with Gasteiger partial charge in [-0.3, -0.25) is 0 Å². The molecule has 78 valence electrons. The standard InChI is InChI=1S/C12H20N2/c1-9(2)8-14-10(3)11-6-4-5-7-12(11)13/h4-7,9-10,14H,8,13H2,1-3H3/t10-/m0/s1. The van der Waals surface area contributed by atoms with Crippen molar-refractivity contribution in [1.29, 1.82) is 0 Å². The van der Waals surface area contributed by atoms with E-state index < -0.39 is 0 Å². The van der Waals surface area contributed by atoms with E-state index in [2.05, 4.69) is 32.2 Å². The van der Waals surface area contributed by atoms with Gasteiger partial charge < -0.3 is 11.1 Å². The van der Waals surface area contributed by atoms with Gasteiger partial charge in [-0.2, -0.15) is 0 Å². The molecule has 0 spiro atoms. The van der Waals surface area contributed by atoms with E-state index in [0.29, 0.717) is 12.0 Å². The number of benzene rings is 1. The molecule has 0 aliphatic carbocycles. The molecule has 0 aromatic heterocycles. The average molecular weight is 192 g/mol. The quantitative estimate of drug-likeness (QED) is 0.720. The fraction of sp³-hybridized carbons (Fsp3) is 0.500. The van der Waals surface area contributed by atoms with Gasteiger partial charge in [0, 0.05) is 11.7 Å². The number of nitrogens with one attached hydrogen (secondary N) is 1. The van der Waals surface area contributed by atoms with Crippen LogP contribution < -0.4 is 11.1 Å². The van der Waals surface area contributed by atoms with Crippen molar-refractivity contribution in [2.24, 2.45) is 5.92 Å². The zero-order chi connectivity index (χ0) is 10.6. The topological polar surface area (TPSA) is 38.0 Å². The lowest BCUT2D eigenvalue weighted by Gasteiger charge is -2.17. The molecule has 0 amide bonds.